The highest BCUT2D eigenvalue weighted by atomic mass is 32.1. The molecule has 3 heterocycles. The summed E-state index contributed by atoms with van der Waals surface area (Å²) in [4.78, 5) is 17.9. The van der Waals surface area contributed by atoms with E-state index in [1.807, 2.05) is 11.3 Å². The first-order chi connectivity index (χ1) is 10.3. The number of ketones is 1. The van der Waals surface area contributed by atoms with Crippen LogP contribution >= 0.6 is 11.3 Å². The zero-order valence-electron chi connectivity index (χ0n) is 12.9. The Hall–Kier alpha value is -0.710. The van der Waals surface area contributed by atoms with Crippen LogP contribution in [0.2, 0.25) is 0 Å². The highest BCUT2D eigenvalue weighted by Crippen LogP contribution is 2.27. The average molecular weight is 306 g/mol. The van der Waals surface area contributed by atoms with Crippen LogP contribution in [0.1, 0.15) is 42.4 Å². The SMILES string of the molecule is CCc1ccc(CC(=O)C2CCCN2C2CCNCC2)s1. The van der Waals surface area contributed by atoms with Crippen LogP contribution in [-0.2, 0) is 17.6 Å². The number of nitrogens with zero attached hydrogens (tertiary/aromatic N) is 1. The molecule has 2 aliphatic heterocycles. The minimum atomic E-state index is 0.181. The van der Waals surface area contributed by atoms with Crippen molar-refractivity contribution >= 4 is 17.1 Å². The molecule has 2 aliphatic rings. The van der Waals surface area contributed by atoms with E-state index in [0.29, 0.717) is 18.2 Å². The summed E-state index contributed by atoms with van der Waals surface area (Å²) in [5.74, 6) is 0.440. The molecule has 0 amide bonds. The fourth-order valence-corrected chi connectivity index (χ4v) is 4.67. The number of piperidine rings is 1. The Kier molecular flexibility index (Phi) is 5.09. The summed E-state index contributed by atoms with van der Waals surface area (Å²) >= 11 is 1.81. The van der Waals surface area contributed by atoms with E-state index >= 15 is 0 Å². The van der Waals surface area contributed by atoms with E-state index in [1.165, 1.54) is 29.0 Å². The molecule has 1 atom stereocenters. The number of nitrogens with one attached hydrogen (secondary N) is 1. The van der Waals surface area contributed by atoms with Gasteiger partial charge in [0.25, 0.3) is 0 Å². The molecule has 0 saturated carbocycles. The molecular formula is C17H26N2OS. The molecule has 2 fully saturated rings. The summed E-state index contributed by atoms with van der Waals surface area (Å²) in [6, 6.07) is 5.12. The third kappa shape index (κ3) is 3.55. The van der Waals surface area contributed by atoms with Crippen molar-refractivity contribution in [2.24, 2.45) is 0 Å². The van der Waals surface area contributed by atoms with Gasteiger partial charge in [-0.15, -0.1) is 11.3 Å². The second-order valence-corrected chi connectivity index (χ2v) is 7.49. The average Bonchev–Trinajstić information content (AvgIpc) is 3.17. The first kappa shape index (κ1) is 15.2. The van der Waals surface area contributed by atoms with Gasteiger partial charge in [-0.1, -0.05) is 6.92 Å². The van der Waals surface area contributed by atoms with Gasteiger partial charge in [-0.25, -0.2) is 0 Å². The second-order valence-electron chi connectivity index (χ2n) is 6.24. The fraction of sp³-hybridized carbons (Fsp3) is 0.706. The lowest BCUT2D eigenvalue weighted by Crippen LogP contribution is -2.48. The van der Waals surface area contributed by atoms with Crippen molar-refractivity contribution in [2.45, 2.75) is 57.5 Å². The molecule has 1 unspecified atom stereocenters. The van der Waals surface area contributed by atoms with Gasteiger partial charge in [0.05, 0.1) is 6.04 Å². The fourth-order valence-electron chi connectivity index (χ4n) is 3.71. The van der Waals surface area contributed by atoms with Crippen LogP contribution in [0.4, 0.5) is 0 Å². The standard InChI is InChI=1S/C17H26N2OS/c1-2-14-5-6-15(21-14)12-17(20)16-4-3-11-19(16)13-7-9-18-10-8-13/h5-6,13,16,18H,2-4,7-12H2,1H3. The maximum Gasteiger partial charge on any atom is 0.155 e. The van der Waals surface area contributed by atoms with Crippen molar-refractivity contribution in [1.29, 1.82) is 0 Å². The van der Waals surface area contributed by atoms with Crippen molar-refractivity contribution in [3.05, 3.63) is 21.9 Å². The summed E-state index contributed by atoms with van der Waals surface area (Å²) in [6.45, 7) is 5.50. The second kappa shape index (κ2) is 7.03. The van der Waals surface area contributed by atoms with E-state index in [1.54, 1.807) is 0 Å². The molecule has 0 spiro atoms. The van der Waals surface area contributed by atoms with Gasteiger partial charge >= 0.3 is 0 Å². The Bertz CT molecular complexity index is 479. The van der Waals surface area contributed by atoms with Gasteiger partial charge in [-0.2, -0.15) is 0 Å². The van der Waals surface area contributed by atoms with Gasteiger partial charge in [0.1, 0.15) is 0 Å². The van der Waals surface area contributed by atoms with Crippen molar-refractivity contribution in [1.82, 2.24) is 10.2 Å². The Morgan fingerprint density at radius 1 is 1.29 bits per heavy atom. The lowest BCUT2D eigenvalue weighted by atomic mass is 10.0. The minimum absolute atomic E-state index is 0.181. The number of rotatable bonds is 5. The third-order valence-corrected chi connectivity index (χ3v) is 6.09. The normalized spacial score (nSPS) is 24.5. The van der Waals surface area contributed by atoms with Crippen molar-refractivity contribution < 1.29 is 4.79 Å². The lowest BCUT2D eigenvalue weighted by Gasteiger charge is -2.35. The van der Waals surface area contributed by atoms with Gasteiger partial charge in [0, 0.05) is 22.2 Å². The van der Waals surface area contributed by atoms with Crippen LogP contribution in [0, 0.1) is 0 Å². The number of Topliss-reactive ketones (excluding diaryl/α,β-unsaturated/α-hetero) is 1. The third-order valence-electron chi connectivity index (χ3n) is 4.86. The largest absolute Gasteiger partial charge is 0.317 e. The Morgan fingerprint density at radius 3 is 2.76 bits per heavy atom. The summed E-state index contributed by atoms with van der Waals surface area (Å²) in [6.07, 6.45) is 6.35. The number of likely N-dealkylation sites (tertiary alicyclic amines) is 1. The molecule has 4 heteroatoms. The number of thiophene rings is 1. The zero-order valence-corrected chi connectivity index (χ0v) is 13.8. The lowest BCUT2D eigenvalue weighted by molar-refractivity contribution is -0.123. The van der Waals surface area contributed by atoms with Gasteiger partial charge < -0.3 is 5.32 Å². The van der Waals surface area contributed by atoms with Crippen LogP contribution in [0.15, 0.2) is 12.1 Å². The van der Waals surface area contributed by atoms with E-state index in [-0.39, 0.29) is 6.04 Å². The maximum atomic E-state index is 12.7. The van der Waals surface area contributed by atoms with E-state index < -0.39 is 0 Å². The molecule has 1 aromatic heterocycles. The molecule has 2 saturated heterocycles. The number of hydrogen-bond donors (Lipinski definition) is 1. The summed E-state index contributed by atoms with van der Waals surface area (Å²) in [5.41, 5.74) is 0. The zero-order chi connectivity index (χ0) is 14.7. The van der Waals surface area contributed by atoms with Gasteiger partial charge in [-0.3, -0.25) is 9.69 Å². The van der Waals surface area contributed by atoms with Crippen LogP contribution in [-0.4, -0.2) is 42.4 Å². The summed E-state index contributed by atoms with van der Waals surface area (Å²) < 4.78 is 0. The molecule has 0 aromatic carbocycles. The summed E-state index contributed by atoms with van der Waals surface area (Å²) in [5, 5.41) is 3.42. The highest BCUT2D eigenvalue weighted by molar-refractivity contribution is 7.12. The molecule has 3 nitrogen and oxygen atoms in total. The maximum absolute atomic E-state index is 12.7. The molecular weight excluding hydrogens is 280 g/mol. The number of carbonyl (C=O) groups is 1. The molecule has 0 aliphatic carbocycles. The quantitative estimate of drug-likeness (QED) is 0.907. The van der Waals surface area contributed by atoms with Crippen LogP contribution < -0.4 is 5.32 Å². The predicted octanol–water partition coefficient (Wildman–Crippen LogP) is 2.64. The van der Waals surface area contributed by atoms with E-state index in [9.17, 15) is 4.79 Å². The van der Waals surface area contributed by atoms with Gasteiger partial charge in [0.2, 0.25) is 0 Å². The Labute approximate surface area is 131 Å². The van der Waals surface area contributed by atoms with Crippen molar-refractivity contribution in [3.8, 4) is 0 Å². The highest BCUT2D eigenvalue weighted by Gasteiger charge is 2.35. The first-order valence-corrected chi connectivity index (χ1v) is 9.16. The number of aryl methyl sites for hydroxylation is 1. The van der Waals surface area contributed by atoms with Crippen LogP contribution in [0.25, 0.3) is 0 Å². The molecule has 0 bridgehead atoms. The van der Waals surface area contributed by atoms with E-state index in [0.717, 1.165) is 32.5 Å². The Balaban J connectivity index is 1.62. The predicted molar refractivity (Wildman–Crippen MR) is 88.0 cm³/mol. The molecule has 1 aromatic rings. The molecule has 0 radical (unpaired) electrons. The molecule has 1 N–H and O–H groups in total. The topological polar surface area (TPSA) is 32.3 Å². The molecule has 116 valence electrons. The molecule has 21 heavy (non-hydrogen) atoms. The smallest absolute Gasteiger partial charge is 0.155 e. The minimum Gasteiger partial charge on any atom is -0.317 e. The monoisotopic (exact) mass is 306 g/mol. The van der Waals surface area contributed by atoms with Gasteiger partial charge in [0.15, 0.2) is 5.78 Å². The number of hydrogen-bond acceptors (Lipinski definition) is 4. The van der Waals surface area contributed by atoms with E-state index in [4.69, 9.17) is 0 Å². The van der Waals surface area contributed by atoms with Crippen molar-refractivity contribution in [2.75, 3.05) is 19.6 Å². The summed E-state index contributed by atoms with van der Waals surface area (Å²) in [7, 11) is 0. The first-order valence-electron chi connectivity index (χ1n) is 8.34. The van der Waals surface area contributed by atoms with Crippen molar-refractivity contribution in [3.63, 3.8) is 0 Å². The van der Waals surface area contributed by atoms with Gasteiger partial charge in [-0.05, 0) is 63.9 Å². The van der Waals surface area contributed by atoms with E-state index in [2.05, 4.69) is 29.3 Å². The van der Waals surface area contributed by atoms with Crippen LogP contribution in [0.5, 0.6) is 0 Å². The molecule has 3 rings (SSSR count). The van der Waals surface area contributed by atoms with Crippen LogP contribution in [0.3, 0.4) is 0 Å². The Morgan fingerprint density at radius 2 is 2.05 bits per heavy atom. The number of carbonyl (C=O) groups excluding carboxylic acids is 1.